The Morgan fingerprint density at radius 3 is 2.64 bits per heavy atom. The number of benzene rings is 1. The number of H-pyrrole nitrogens is 1. The highest BCUT2D eigenvalue weighted by atomic mass is 32.2. The molecule has 0 saturated heterocycles. The summed E-state index contributed by atoms with van der Waals surface area (Å²) in [5.41, 5.74) is 0.470. The number of hydrogen-bond acceptors (Lipinski definition) is 6. The van der Waals surface area contributed by atoms with Gasteiger partial charge in [-0.15, -0.1) is 0 Å². The van der Waals surface area contributed by atoms with Gasteiger partial charge < -0.3 is 9.72 Å². The summed E-state index contributed by atoms with van der Waals surface area (Å²) in [4.78, 5) is 14.6. The van der Waals surface area contributed by atoms with Crippen LogP contribution in [-0.2, 0) is 26.5 Å². The number of fused-ring (bicyclic) bond motifs is 1. The Hall–Kier alpha value is -2.53. The predicted octanol–water partition coefficient (Wildman–Crippen LogP) is 1.29. The molecule has 0 aliphatic carbocycles. The third kappa shape index (κ3) is 3.72. The number of aryl methyl sites for hydroxylation is 1. The van der Waals surface area contributed by atoms with E-state index >= 15 is 0 Å². The van der Waals surface area contributed by atoms with Gasteiger partial charge in [-0.05, 0) is 43.5 Å². The van der Waals surface area contributed by atoms with Gasteiger partial charge in [-0.25, -0.2) is 16.8 Å². The Morgan fingerprint density at radius 1 is 1.21 bits per heavy atom. The number of rotatable bonds is 6. The van der Waals surface area contributed by atoms with Crippen LogP contribution in [0.4, 0.5) is 11.4 Å². The molecule has 0 amide bonds. The van der Waals surface area contributed by atoms with E-state index in [4.69, 9.17) is 4.74 Å². The molecule has 2 heterocycles. The van der Waals surface area contributed by atoms with Crippen molar-refractivity contribution in [3.63, 3.8) is 0 Å². The summed E-state index contributed by atoms with van der Waals surface area (Å²) in [6, 6.07) is 5.62. The van der Waals surface area contributed by atoms with Gasteiger partial charge >= 0.3 is 0 Å². The molecule has 28 heavy (non-hydrogen) atoms. The number of aromatic amines is 1. The van der Waals surface area contributed by atoms with Crippen LogP contribution in [0.3, 0.4) is 0 Å². The Morgan fingerprint density at radius 2 is 1.96 bits per heavy atom. The second-order valence-electron chi connectivity index (χ2n) is 6.23. The monoisotopic (exact) mass is 427 g/mol. The number of methoxy groups -OCH3 is 1. The van der Waals surface area contributed by atoms with E-state index in [1.165, 1.54) is 38.4 Å². The summed E-state index contributed by atoms with van der Waals surface area (Å²) in [5, 5.41) is 0. The van der Waals surface area contributed by atoms with E-state index in [9.17, 15) is 21.6 Å². The Kier molecular flexibility index (Phi) is 5.39. The molecular formula is C17H21N3O6S2. The quantitative estimate of drug-likeness (QED) is 0.715. The summed E-state index contributed by atoms with van der Waals surface area (Å²) < 4.78 is 58.7. The van der Waals surface area contributed by atoms with Gasteiger partial charge in [-0.2, -0.15) is 0 Å². The third-order valence-electron chi connectivity index (χ3n) is 4.46. The lowest BCUT2D eigenvalue weighted by atomic mass is 10.1. The first-order valence-corrected chi connectivity index (χ1v) is 11.7. The third-order valence-corrected chi connectivity index (χ3v) is 7.61. The lowest BCUT2D eigenvalue weighted by molar-refractivity contribution is 0.403. The van der Waals surface area contributed by atoms with Gasteiger partial charge in [0.2, 0.25) is 10.0 Å². The molecule has 1 aromatic carbocycles. The fourth-order valence-corrected chi connectivity index (χ4v) is 5.38. The SMILES string of the molecule is CCS(=O)(=O)Nc1ccc(S(=O)(=O)N2CCCc3cc[nH]c(=O)c32)c(OC)c1. The average Bonchev–Trinajstić information content (AvgIpc) is 2.67. The van der Waals surface area contributed by atoms with Crippen molar-refractivity contribution in [3.8, 4) is 5.75 Å². The molecule has 2 N–H and O–H groups in total. The minimum atomic E-state index is -4.10. The molecule has 152 valence electrons. The highest BCUT2D eigenvalue weighted by molar-refractivity contribution is 7.93. The minimum Gasteiger partial charge on any atom is -0.495 e. The van der Waals surface area contributed by atoms with Crippen molar-refractivity contribution in [3.05, 3.63) is 46.4 Å². The van der Waals surface area contributed by atoms with Gasteiger partial charge in [0.25, 0.3) is 15.6 Å². The van der Waals surface area contributed by atoms with Gasteiger partial charge in [-0.1, -0.05) is 0 Å². The second-order valence-corrected chi connectivity index (χ2v) is 10.1. The topological polar surface area (TPSA) is 126 Å². The molecule has 1 aromatic heterocycles. The van der Waals surface area contributed by atoms with Crippen molar-refractivity contribution in [2.24, 2.45) is 0 Å². The molecule has 0 radical (unpaired) electrons. The molecule has 3 rings (SSSR count). The molecule has 0 unspecified atom stereocenters. The second kappa shape index (κ2) is 7.47. The van der Waals surface area contributed by atoms with Crippen LogP contribution < -0.4 is 19.3 Å². The smallest absolute Gasteiger partial charge is 0.272 e. The van der Waals surface area contributed by atoms with Crippen LogP contribution in [0.2, 0.25) is 0 Å². The summed E-state index contributed by atoms with van der Waals surface area (Å²) in [6.45, 7) is 1.65. The summed E-state index contributed by atoms with van der Waals surface area (Å²) in [5.74, 6) is -0.140. The van der Waals surface area contributed by atoms with E-state index < -0.39 is 25.6 Å². The van der Waals surface area contributed by atoms with Crippen LogP contribution in [0.25, 0.3) is 0 Å². The highest BCUT2D eigenvalue weighted by Crippen LogP contribution is 2.34. The van der Waals surface area contributed by atoms with Crippen LogP contribution in [0.5, 0.6) is 5.75 Å². The highest BCUT2D eigenvalue weighted by Gasteiger charge is 2.33. The standard InChI is InChI=1S/C17H21N3O6S2/c1-3-27(22,23)19-13-6-7-15(14(11-13)26-2)28(24,25)20-10-4-5-12-8-9-18-17(21)16(12)20/h6-9,11,19H,3-5,10H2,1-2H3,(H,18,21). The first kappa shape index (κ1) is 20.2. The van der Waals surface area contributed by atoms with E-state index in [0.29, 0.717) is 18.4 Å². The maximum Gasteiger partial charge on any atom is 0.272 e. The van der Waals surface area contributed by atoms with Crippen molar-refractivity contribution in [2.45, 2.75) is 24.7 Å². The molecule has 11 heteroatoms. The largest absolute Gasteiger partial charge is 0.495 e. The first-order valence-electron chi connectivity index (χ1n) is 8.61. The van der Waals surface area contributed by atoms with Crippen LogP contribution >= 0.6 is 0 Å². The fourth-order valence-electron chi connectivity index (χ4n) is 3.07. The maximum absolute atomic E-state index is 13.3. The van der Waals surface area contributed by atoms with Gasteiger partial charge in [0, 0.05) is 18.8 Å². The zero-order valence-electron chi connectivity index (χ0n) is 15.4. The number of nitrogens with zero attached hydrogens (tertiary/aromatic N) is 1. The number of hydrogen-bond donors (Lipinski definition) is 2. The number of ether oxygens (including phenoxy) is 1. The van der Waals surface area contributed by atoms with Crippen molar-refractivity contribution in [2.75, 3.05) is 28.4 Å². The molecule has 1 aliphatic rings. The molecule has 2 aromatic rings. The molecule has 9 nitrogen and oxygen atoms in total. The van der Waals surface area contributed by atoms with Crippen molar-refractivity contribution in [1.82, 2.24) is 4.98 Å². The van der Waals surface area contributed by atoms with E-state index in [0.717, 1.165) is 4.31 Å². The molecule has 1 aliphatic heterocycles. The van der Waals surface area contributed by atoms with E-state index in [2.05, 4.69) is 9.71 Å². The minimum absolute atomic E-state index is 0.0178. The summed E-state index contributed by atoms with van der Waals surface area (Å²) >= 11 is 0. The van der Waals surface area contributed by atoms with Crippen LogP contribution in [-0.4, -0.2) is 41.2 Å². The fraction of sp³-hybridized carbons (Fsp3) is 0.353. The van der Waals surface area contributed by atoms with Gasteiger partial charge in [0.1, 0.15) is 16.3 Å². The van der Waals surface area contributed by atoms with Crippen molar-refractivity contribution >= 4 is 31.4 Å². The number of aromatic nitrogens is 1. The zero-order valence-corrected chi connectivity index (χ0v) is 17.1. The number of anilines is 2. The van der Waals surface area contributed by atoms with E-state index in [1.807, 2.05) is 0 Å². The molecular weight excluding hydrogens is 406 g/mol. The predicted molar refractivity (Wildman–Crippen MR) is 106 cm³/mol. The molecule has 0 bridgehead atoms. The molecule has 0 spiro atoms. The summed E-state index contributed by atoms with van der Waals surface area (Å²) in [6.07, 6.45) is 2.68. The molecule has 0 fully saturated rings. The van der Waals surface area contributed by atoms with Crippen LogP contribution in [0.1, 0.15) is 18.9 Å². The molecule has 0 atom stereocenters. The van der Waals surface area contributed by atoms with Crippen LogP contribution in [0.15, 0.2) is 40.2 Å². The first-order chi connectivity index (χ1) is 13.2. The van der Waals surface area contributed by atoms with Crippen molar-refractivity contribution in [1.29, 1.82) is 0 Å². The van der Waals surface area contributed by atoms with Crippen molar-refractivity contribution < 1.29 is 21.6 Å². The Balaban J connectivity index is 2.08. The molecule has 0 saturated carbocycles. The van der Waals surface area contributed by atoms with E-state index in [1.54, 1.807) is 6.07 Å². The Labute approximate surface area is 163 Å². The lowest BCUT2D eigenvalue weighted by Crippen LogP contribution is -2.39. The number of nitrogens with one attached hydrogen (secondary N) is 2. The Bertz CT molecular complexity index is 1160. The lowest BCUT2D eigenvalue weighted by Gasteiger charge is -2.29. The van der Waals surface area contributed by atoms with Gasteiger partial charge in [0.15, 0.2) is 0 Å². The number of sulfonamides is 2. The summed E-state index contributed by atoms with van der Waals surface area (Å²) in [7, 11) is -6.32. The zero-order chi connectivity index (χ0) is 20.5. The normalized spacial score (nSPS) is 14.4. The number of pyridine rings is 1. The van der Waals surface area contributed by atoms with Gasteiger partial charge in [0.05, 0.1) is 18.6 Å². The van der Waals surface area contributed by atoms with Gasteiger partial charge in [-0.3, -0.25) is 13.8 Å². The average molecular weight is 428 g/mol. The van der Waals surface area contributed by atoms with Crippen LogP contribution in [0, 0.1) is 0 Å². The van der Waals surface area contributed by atoms with E-state index in [-0.39, 0.29) is 34.3 Å². The maximum atomic E-state index is 13.3.